The Hall–Kier alpha value is -3.56. The molecule has 0 unspecified atom stereocenters. The second kappa shape index (κ2) is 7.05. The van der Waals surface area contributed by atoms with Gasteiger partial charge >= 0.3 is 0 Å². The van der Waals surface area contributed by atoms with Gasteiger partial charge in [-0.15, -0.1) is 10.2 Å². The summed E-state index contributed by atoms with van der Waals surface area (Å²) in [7, 11) is 1.75. The predicted molar refractivity (Wildman–Crippen MR) is 104 cm³/mol. The first-order valence-corrected chi connectivity index (χ1v) is 9.76. The molecular weight excluding hydrogens is 389 g/mol. The molecule has 0 radical (unpaired) electrons. The van der Waals surface area contributed by atoms with E-state index in [0.717, 1.165) is 5.82 Å². The van der Waals surface area contributed by atoms with Crippen LogP contribution in [0, 0.1) is 17.7 Å². The molecule has 0 bridgehead atoms. The van der Waals surface area contributed by atoms with Crippen LogP contribution in [-0.2, 0) is 20.0 Å². The molecule has 0 aliphatic carbocycles. The lowest BCUT2D eigenvalue weighted by Gasteiger charge is -2.25. The van der Waals surface area contributed by atoms with E-state index in [-0.39, 0.29) is 23.6 Å². The molecular formula is C20H20FN7O2. The van der Waals surface area contributed by atoms with Crippen molar-refractivity contribution in [3.05, 3.63) is 59.7 Å². The molecule has 2 amide bonds. The lowest BCUT2D eigenvalue weighted by Crippen LogP contribution is -2.31. The molecule has 10 heteroatoms. The number of carbonyl (C=O) groups excluding carboxylic acids is 2. The van der Waals surface area contributed by atoms with E-state index < -0.39 is 11.7 Å². The molecule has 154 valence electrons. The van der Waals surface area contributed by atoms with Crippen molar-refractivity contribution in [2.75, 3.05) is 18.4 Å². The summed E-state index contributed by atoms with van der Waals surface area (Å²) in [6, 6.07) is 7.42. The topological polar surface area (TPSA) is 97.9 Å². The fourth-order valence-electron chi connectivity index (χ4n) is 4.36. The van der Waals surface area contributed by atoms with Crippen molar-refractivity contribution in [3.8, 4) is 0 Å². The van der Waals surface area contributed by atoms with Crippen molar-refractivity contribution in [2.24, 2.45) is 18.9 Å². The standard InChI is InChI=1S/C20H20FN7O2/c1-26-16(5-6-22-26)20(30)27-9-12-7-17-24-25-18(28(17)11-13(12)10-27)19(29)23-15-4-2-3-14(21)8-15/h2-6,8,12-13H,7,9-11H2,1H3,(H,23,29)/t12-,13-/m0/s1. The number of halogens is 1. The van der Waals surface area contributed by atoms with E-state index in [4.69, 9.17) is 0 Å². The normalized spacial score (nSPS) is 20.0. The van der Waals surface area contributed by atoms with Crippen molar-refractivity contribution in [1.82, 2.24) is 29.4 Å². The van der Waals surface area contributed by atoms with Crippen LogP contribution in [0.1, 0.15) is 26.9 Å². The average molecular weight is 409 g/mol. The minimum absolute atomic E-state index is 0.0377. The third-order valence-electron chi connectivity index (χ3n) is 5.88. The Morgan fingerprint density at radius 1 is 1.13 bits per heavy atom. The maximum atomic E-state index is 13.4. The number of anilines is 1. The smallest absolute Gasteiger partial charge is 0.293 e. The quantitative estimate of drug-likeness (QED) is 0.704. The van der Waals surface area contributed by atoms with Gasteiger partial charge in [-0.3, -0.25) is 14.3 Å². The van der Waals surface area contributed by atoms with E-state index in [1.165, 1.54) is 18.2 Å². The van der Waals surface area contributed by atoms with E-state index in [9.17, 15) is 14.0 Å². The third-order valence-corrected chi connectivity index (χ3v) is 5.88. The molecule has 2 aliphatic heterocycles. The lowest BCUT2D eigenvalue weighted by atomic mass is 9.89. The van der Waals surface area contributed by atoms with Gasteiger partial charge in [-0.1, -0.05) is 6.07 Å². The number of nitrogens with one attached hydrogen (secondary N) is 1. The van der Waals surface area contributed by atoms with E-state index >= 15 is 0 Å². The minimum atomic E-state index is -0.432. The van der Waals surface area contributed by atoms with Crippen molar-refractivity contribution in [2.45, 2.75) is 13.0 Å². The molecule has 9 nitrogen and oxygen atoms in total. The predicted octanol–water partition coefficient (Wildman–Crippen LogP) is 1.35. The molecule has 4 heterocycles. The lowest BCUT2D eigenvalue weighted by molar-refractivity contribution is 0.0772. The van der Waals surface area contributed by atoms with E-state index in [0.29, 0.717) is 37.4 Å². The molecule has 1 aromatic carbocycles. The largest absolute Gasteiger partial charge is 0.337 e. The van der Waals surface area contributed by atoms with Crippen molar-refractivity contribution in [1.29, 1.82) is 0 Å². The van der Waals surface area contributed by atoms with Gasteiger partial charge in [0.05, 0.1) is 0 Å². The molecule has 2 atom stereocenters. The number of hydrogen-bond donors (Lipinski definition) is 1. The Kier molecular flexibility index (Phi) is 4.34. The van der Waals surface area contributed by atoms with Crippen LogP contribution in [0.4, 0.5) is 10.1 Å². The molecule has 5 rings (SSSR count). The molecule has 1 saturated heterocycles. The Balaban J connectivity index is 1.32. The van der Waals surface area contributed by atoms with Gasteiger partial charge in [-0.25, -0.2) is 4.39 Å². The number of carbonyl (C=O) groups is 2. The van der Waals surface area contributed by atoms with Crippen LogP contribution in [0.15, 0.2) is 36.5 Å². The summed E-state index contributed by atoms with van der Waals surface area (Å²) < 4.78 is 16.8. The summed E-state index contributed by atoms with van der Waals surface area (Å²) in [5, 5.41) is 15.0. The SMILES string of the molecule is Cn1nccc1C(=O)N1C[C@@H]2Cc3nnc(C(=O)Nc4cccc(F)c4)n3C[C@@H]2C1. The van der Waals surface area contributed by atoms with Gasteiger partial charge < -0.3 is 14.8 Å². The minimum Gasteiger partial charge on any atom is -0.337 e. The summed E-state index contributed by atoms with van der Waals surface area (Å²) in [6.45, 7) is 1.82. The van der Waals surface area contributed by atoms with E-state index in [2.05, 4.69) is 20.6 Å². The summed E-state index contributed by atoms with van der Waals surface area (Å²) in [4.78, 5) is 27.4. The number of fused-ring (bicyclic) bond motifs is 2. The molecule has 0 saturated carbocycles. The van der Waals surface area contributed by atoms with Gasteiger partial charge in [0, 0.05) is 45.0 Å². The highest BCUT2D eigenvalue weighted by Gasteiger charge is 2.41. The van der Waals surface area contributed by atoms with Gasteiger partial charge in [-0.2, -0.15) is 5.10 Å². The highest BCUT2D eigenvalue weighted by molar-refractivity contribution is 6.01. The maximum Gasteiger partial charge on any atom is 0.293 e. The first kappa shape index (κ1) is 18.5. The zero-order valence-electron chi connectivity index (χ0n) is 16.3. The monoisotopic (exact) mass is 409 g/mol. The molecule has 2 aliphatic rings. The first-order chi connectivity index (χ1) is 14.5. The van der Waals surface area contributed by atoms with Gasteiger partial charge in [0.1, 0.15) is 17.3 Å². The number of amides is 2. The number of aromatic nitrogens is 5. The molecule has 2 aromatic heterocycles. The number of likely N-dealkylation sites (tertiary alicyclic amines) is 1. The van der Waals surface area contributed by atoms with Crippen LogP contribution in [0.5, 0.6) is 0 Å². The molecule has 3 aromatic rings. The van der Waals surface area contributed by atoms with Crippen molar-refractivity contribution >= 4 is 17.5 Å². The van der Waals surface area contributed by atoms with E-state index in [1.807, 2.05) is 9.47 Å². The van der Waals surface area contributed by atoms with Crippen LogP contribution in [-0.4, -0.2) is 54.3 Å². The van der Waals surface area contributed by atoms with Gasteiger partial charge in [-0.05, 0) is 36.1 Å². The Labute approximate surface area is 171 Å². The summed E-state index contributed by atoms with van der Waals surface area (Å²) >= 11 is 0. The number of benzene rings is 1. The molecule has 30 heavy (non-hydrogen) atoms. The first-order valence-electron chi connectivity index (χ1n) is 9.76. The average Bonchev–Trinajstić information content (AvgIpc) is 3.43. The van der Waals surface area contributed by atoms with E-state index in [1.54, 1.807) is 30.1 Å². The van der Waals surface area contributed by atoms with Crippen LogP contribution >= 0.6 is 0 Å². The number of hydrogen-bond acceptors (Lipinski definition) is 5. The molecule has 1 N–H and O–H groups in total. The summed E-state index contributed by atoms with van der Waals surface area (Å²) in [6.07, 6.45) is 2.27. The number of nitrogens with zero attached hydrogens (tertiary/aromatic N) is 6. The van der Waals surface area contributed by atoms with Crippen LogP contribution in [0.2, 0.25) is 0 Å². The maximum absolute atomic E-state index is 13.4. The second-order valence-electron chi connectivity index (χ2n) is 7.79. The summed E-state index contributed by atoms with van der Waals surface area (Å²) in [5.74, 6) is 0.523. The van der Waals surface area contributed by atoms with Gasteiger partial charge in [0.2, 0.25) is 5.82 Å². The third kappa shape index (κ3) is 3.14. The zero-order valence-corrected chi connectivity index (χ0v) is 16.3. The number of aryl methyl sites for hydroxylation is 1. The molecule has 1 fully saturated rings. The fourth-order valence-corrected chi connectivity index (χ4v) is 4.36. The van der Waals surface area contributed by atoms with Crippen LogP contribution < -0.4 is 5.32 Å². The summed E-state index contributed by atoms with van der Waals surface area (Å²) in [5.41, 5.74) is 0.920. The van der Waals surface area contributed by atoms with Gasteiger partial charge in [0.15, 0.2) is 0 Å². The second-order valence-corrected chi connectivity index (χ2v) is 7.79. The zero-order chi connectivity index (χ0) is 20.8. The Morgan fingerprint density at radius 2 is 1.97 bits per heavy atom. The van der Waals surface area contributed by atoms with Crippen molar-refractivity contribution < 1.29 is 14.0 Å². The highest BCUT2D eigenvalue weighted by Crippen LogP contribution is 2.33. The molecule has 0 spiro atoms. The Bertz CT molecular complexity index is 1140. The van der Waals surface area contributed by atoms with Crippen molar-refractivity contribution in [3.63, 3.8) is 0 Å². The Morgan fingerprint density at radius 3 is 2.73 bits per heavy atom. The fraction of sp³-hybridized carbons (Fsp3) is 0.350. The highest BCUT2D eigenvalue weighted by atomic mass is 19.1. The van der Waals surface area contributed by atoms with Crippen LogP contribution in [0.25, 0.3) is 0 Å². The van der Waals surface area contributed by atoms with Gasteiger partial charge in [0.25, 0.3) is 11.8 Å². The van der Waals surface area contributed by atoms with Crippen LogP contribution in [0.3, 0.4) is 0 Å². The number of rotatable bonds is 3.